The minimum Gasteiger partial charge on any atom is -0.379 e. The highest BCUT2D eigenvalue weighted by molar-refractivity contribution is 5.75. The first-order valence-electron chi connectivity index (χ1n) is 7.33. The smallest absolute Gasteiger partial charge is 0.252 e. The molecule has 0 spiro atoms. The van der Waals surface area contributed by atoms with Gasteiger partial charge in [-0.15, -0.1) is 5.92 Å². The van der Waals surface area contributed by atoms with E-state index >= 15 is 0 Å². The standard InChI is InChI=1S/C18H25NO2/c1-7-9-16(20)19-21-15-12-13(3)11-14(4)17(15)18(5,6)10-8-2/h11-12H,7,9H2,1-6H3,(H,19,20). The topological polar surface area (TPSA) is 38.3 Å². The Bertz CT molecular complexity index is 577. The van der Waals surface area contributed by atoms with Gasteiger partial charge in [-0.2, -0.15) is 5.48 Å². The summed E-state index contributed by atoms with van der Waals surface area (Å²) in [7, 11) is 0. The maximum atomic E-state index is 11.6. The third-order valence-corrected chi connectivity index (χ3v) is 3.26. The maximum Gasteiger partial charge on any atom is 0.252 e. The molecule has 0 heterocycles. The van der Waals surface area contributed by atoms with Gasteiger partial charge in [0.2, 0.25) is 0 Å². The fourth-order valence-electron chi connectivity index (χ4n) is 2.58. The second-order valence-corrected chi connectivity index (χ2v) is 5.83. The molecule has 0 saturated carbocycles. The lowest BCUT2D eigenvalue weighted by Gasteiger charge is -2.24. The minimum absolute atomic E-state index is 0.109. The molecule has 0 unspecified atom stereocenters. The minimum atomic E-state index is -0.336. The van der Waals surface area contributed by atoms with E-state index in [1.165, 1.54) is 0 Å². The van der Waals surface area contributed by atoms with Crippen LogP contribution in [0.15, 0.2) is 12.1 Å². The van der Waals surface area contributed by atoms with E-state index in [9.17, 15) is 4.79 Å². The highest BCUT2D eigenvalue weighted by atomic mass is 16.7. The molecular formula is C18H25NO2. The van der Waals surface area contributed by atoms with Crippen LogP contribution in [0.1, 0.15) is 57.2 Å². The van der Waals surface area contributed by atoms with E-state index in [0.29, 0.717) is 12.2 Å². The predicted octanol–water partition coefficient (Wildman–Crippen LogP) is 3.81. The van der Waals surface area contributed by atoms with Crippen molar-refractivity contribution in [3.8, 4) is 17.6 Å². The average molecular weight is 287 g/mol. The molecule has 1 aromatic carbocycles. The summed E-state index contributed by atoms with van der Waals surface area (Å²) in [4.78, 5) is 17.2. The van der Waals surface area contributed by atoms with E-state index < -0.39 is 0 Å². The van der Waals surface area contributed by atoms with Gasteiger partial charge >= 0.3 is 0 Å². The maximum absolute atomic E-state index is 11.6. The van der Waals surface area contributed by atoms with Crippen molar-refractivity contribution in [3.63, 3.8) is 0 Å². The van der Waals surface area contributed by atoms with Gasteiger partial charge in [-0.25, -0.2) is 0 Å². The molecule has 0 aromatic heterocycles. The lowest BCUT2D eigenvalue weighted by Crippen LogP contribution is -2.28. The normalized spacial score (nSPS) is 10.6. The molecule has 3 heteroatoms. The molecule has 0 fully saturated rings. The van der Waals surface area contributed by atoms with Crippen LogP contribution in [0, 0.1) is 25.7 Å². The number of nitrogens with one attached hydrogen (secondary N) is 1. The first kappa shape index (κ1) is 17.1. The van der Waals surface area contributed by atoms with E-state index in [0.717, 1.165) is 23.1 Å². The van der Waals surface area contributed by atoms with Crippen molar-refractivity contribution in [2.45, 2.75) is 59.8 Å². The molecule has 114 valence electrons. The third-order valence-electron chi connectivity index (χ3n) is 3.26. The fourth-order valence-corrected chi connectivity index (χ4v) is 2.58. The van der Waals surface area contributed by atoms with E-state index in [4.69, 9.17) is 4.84 Å². The average Bonchev–Trinajstić information content (AvgIpc) is 2.35. The summed E-state index contributed by atoms with van der Waals surface area (Å²) >= 11 is 0. The van der Waals surface area contributed by atoms with Crippen molar-refractivity contribution in [3.05, 3.63) is 28.8 Å². The number of hydrogen-bond acceptors (Lipinski definition) is 2. The molecule has 0 aliphatic heterocycles. The number of rotatable bonds is 5. The van der Waals surface area contributed by atoms with Crippen LogP contribution >= 0.6 is 0 Å². The SMILES string of the molecule is CC#CC(C)(C)c1c(C)cc(C)cc1ONC(=O)CCC. The molecule has 0 aliphatic rings. The van der Waals surface area contributed by atoms with Crippen LogP contribution in [-0.2, 0) is 10.2 Å². The highest BCUT2D eigenvalue weighted by Gasteiger charge is 2.25. The summed E-state index contributed by atoms with van der Waals surface area (Å²) in [6.45, 7) is 12.0. The van der Waals surface area contributed by atoms with E-state index in [1.807, 2.05) is 33.8 Å². The van der Waals surface area contributed by atoms with Crippen molar-refractivity contribution >= 4 is 5.91 Å². The molecule has 1 aromatic rings. The molecule has 0 bridgehead atoms. The van der Waals surface area contributed by atoms with Gasteiger partial charge in [-0.1, -0.05) is 18.9 Å². The zero-order valence-corrected chi connectivity index (χ0v) is 13.9. The lowest BCUT2D eigenvalue weighted by molar-refractivity contribution is -0.127. The summed E-state index contributed by atoms with van der Waals surface area (Å²) in [5, 5.41) is 0. The molecule has 21 heavy (non-hydrogen) atoms. The van der Waals surface area contributed by atoms with Crippen molar-refractivity contribution in [2.75, 3.05) is 0 Å². The Morgan fingerprint density at radius 2 is 2.00 bits per heavy atom. The number of carbonyl (C=O) groups is 1. The first-order valence-corrected chi connectivity index (χ1v) is 7.33. The molecule has 1 amide bonds. The van der Waals surface area contributed by atoms with Gasteiger partial charge in [0.25, 0.3) is 5.91 Å². The number of hydrogen-bond donors (Lipinski definition) is 1. The van der Waals surface area contributed by atoms with Gasteiger partial charge in [0, 0.05) is 12.0 Å². The fraction of sp³-hybridized carbons (Fsp3) is 0.500. The second kappa shape index (κ2) is 7.17. The summed E-state index contributed by atoms with van der Waals surface area (Å²) in [6.07, 6.45) is 1.25. The number of hydroxylamine groups is 1. The highest BCUT2D eigenvalue weighted by Crippen LogP contribution is 2.35. The Kier molecular flexibility index (Phi) is 5.84. The molecule has 1 rings (SSSR count). The second-order valence-electron chi connectivity index (χ2n) is 5.83. The van der Waals surface area contributed by atoms with Gasteiger partial charge in [0.15, 0.2) is 5.75 Å². The zero-order valence-electron chi connectivity index (χ0n) is 13.9. The van der Waals surface area contributed by atoms with E-state index in [2.05, 4.69) is 37.2 Å². The molecular weight excluding hydrogens is 262 g/mol. The van der Waals surface area contributed by atoms with Crippen LogP contribution < -0.4 is 10.3 Å². The van der Waals surface area contributed by atoms with Crippen molar-refractivity contribution in [1.29, 1.82) is 0 Å². The largest absolute Gasteiger partial charge is 0.379 e. The first-order chi connectivity index (χ1) is 9.81. The number of aryl methyl sites for hydroxylation is 2. The van der Waals surface area contributed by atoms with Crippen LogP contribution in [0.25, 0.3) is 0 Å². The summed E-state index contributed by atoms with van der Waals surface area (Å²) < 4.78 is 0. The van der Waals surface area contributed by atoms with Crippen LogP contribution in [0.2, 0.25) is 0 Å². The quantitative estimate of drug-likeness (QED) is 0.660. The summed E-state index contributed by atoms with van der Waals surface area (Å²) in [5.41, 5.74) is 5.41. The van der Waals surface area contributed by atoms with Gasteiger partial charge < -0.3 is 4.84 Å². The van der Waals surface area contributed by atoms with Gasteiger partial charge in [-0.3, -0.25) is 4.79 Å². The van der Waals surface area contributed by atoms with E-state index in [-0.39, 0.29) is 11.3 Å². The summed E-state index contributed by atoms with van der Waals surface area (Å²) in [5.74, 6) is 6.74. The Morgan fingerprint density at radius 1 is 1.33 bits per heavy atom. The third kappa shape index (κ3) is 4.53. The molecule has 0 aliphatic carbocycles. The van der Waals surface area contributed by atoms with Crippen molar-refractivity contribution in [2.24, 2.45) is 0 Å². The predicted molar refractivity (Wildman–Crippen MR) is 86.1 cm³/mol. The lowest BCUT2D eigenvalue weighted by atomic mass is 9.81. The Balaban J connectivity index is 3.17. The number of amides is 1. The van der Waals surface area contributed by atoms with Gasteiger partial charge in [-0.05, 0) is 58.2 Å². The van der Waals surface area contributed by atoms with Crippen LogP contribution in [-0.4, -0.2) is 5.91 Å². The van der Waals surface area contributed by atoms with Crippen LogP contribution in [0.5, 0.6) is 5.75 Å². The van der Waals surface area contributed by atoms with E-state index in [1.54, 1.807) is 0 Å². The van der Waals surface area contributed by atoms with Gasteiger partial charge in [0.1, 0.15) is 0 Å². The van der Waals surface area contributed by atoms with Crippen LogP contribution in [0.4, 0.5) is 0 Å². The van der Waals surface area contributed by atoms with Gasteiger partial charge in [0.05, 0.1) is 5.41 Å². The Morgan fingerprint density at radius 3 is 2.57 bits per heavy atom. The Hall–Kier alpha value is -1.95. The molecule has 3 nitrogen and oxygen atoms in total. The number of carbonyl (C=O) groups excluding carboxylic acids is 1. The van der Waals surface area contributed by atoms with Crippen molar-refractivity contribution in [1.82, 2.24) is 5.48 Å². The molecule has 0 saturated heterocycles. The molecule has 1 N–H and O–H groups in total. The number of benzene rings is 1. The molecule has 0 atom stereocenters. The monoisotopic (exact) mass is 287 g/mol. The zero-order chi connectivity index (χ0) is 16.0. The Labute approximate surface area is 128 Å². The van der Waals surface area contributed by atoms with Crippen LogP contribution in [0.3, 0.4) is 0 Å². The van der Waals surface area contributed by atoms with Crippen molar-refractivity contribution < 1.29 is 9.63 Å². The molecule has 0 radical (unpaired) electrons. The summed E-state index contributed by atoms with van der Waals surface area (Å²) in [6, 6.07) is 4.04.